The molecule has 0 aliphatic heterocycles. The van der Waals surface area contributed by atoms with Crippen LogP contribution in [-0.4, -0.2) is 12.2 Å². The Bertz CT molecular complexity index is 339. The van der Waals surface area contributed by atoms with Crippen molar-refractivity contribution in [3.63, 3.8) is 0 Å². The Labute approximate surface area is 87.5 Å². The molecule has 1 atom stereocenters. The minimum Gasteiger partial charge on any atom is -0.497 e. The molecule has 0 aliphatic carbocycles. The largest absolute Gasteiger partial charge is 0.497 e. The first-order valence-corrected chi connectivity index (χ1v) is 4.68. The van der Waals surface area contributed by atoms with Crippen molar-refractivity contribution in [1.29, 1.82) is 0 Å². The third-order valence-corrected chi connectivity index (χ3v) is 2.48. The summed E-state index contributed by atoms with van der Waals surface area (Å²) >= 11 is 0. The lowest BCUT2D eigenvalue weighted by Crippen LogP contribution is -2.23. The fourth-order valence-corrected chi connectivity index (χ4v) is 1.36. The zero-order valence-electron chi connectivity index (χ0n) is 8.97. The Hall–Kier alpha value is -1.16. The molecule has 0 aliphatic rings. The van der Waals surface area contributed by atoms with Gasteiger partial charge in [0.1, 0.15) is 17.4 Å². The van der Waals surface area contributed by atoms with Crippen molar-refractivity contribution < 1.29 is 18.6 Å². The molecule has 0 bridgehead atoms. The standard InChI is InChI=1S/C11H14F2O2/c1-4-11(2,14)10-8(12)5-7(15-3)6-9(10)13/h5-6,14H,4H2,1-3H3. The monoisotopic (exact) mass is 216 g/mol. The first kappa shape index (κ1) is 11.9. The average molecular weight is 216 g/mol. The van der Waals surface area contributed by atoms with Gasteiger partial charge >= 0.3 is 0 Å². The first-order valence-electron chi connectivity index (χ1n) is 4.68. The molecule has 15 heavy (non-hydrogen) atoms. The van der Waals surface area contributed by atoms with Gasteiger partial charge in [-0.05, 0) is 13.3 Å². The maximum Gasteiger partial charge on any atom is 0.135 e. The first-order chi connectivity index (χ1) is 6.92. The molecule has 2 nitrogen and oxygen atoms in total. The quantitative estimate of drug-likeness (QED) is 0.841. The number of benzene rings is 1. The maximum absolute atomic E-state index is 13.5. The molecule has 0 saturated carbocycles. The molecule has 0 saturated heterocycles. The predicted molar refractivity (Wildman–Crippen MR) is 52.8 cm³/mol. The summed E-state index contributed by atoms with van der Waals surface area (Å²) in [7, 11) is 1.33. The van der Waals surface area contributed by atoms with Gasteiger partial charge in [-0.1, -0.05) is 6.92 Å². The van der Waals surface area contributed by atoms with Crippen LogP contribution in [0.2, 0.25) is 0 Å². The van der Waals surface area contributed by atoms with Crippen LogP contribution < -0.4 is 4.74 Å². The van der Waals surface area contributed by atoms with Gasteiger partial charge in [0, 0.05) is 12.1 Å². The van der Waals surface area contributed by atoms with E-state index >= 15 is 0 Å². The number of aliphatic hydroxyl groups is 1. The zero-order chi connectivity index (χ0) is 11.6. The van der Waals surface area contributed by atoms with Crippen LogP contribution in [0.25, 0.3) is 0 Å². The second-order valence-electron chi connectivity index (χ2n) is 3.59. The molecule has 0 heterocycles. The molecule has 1 rings (SSSR count). The molecule has 4 heteroatoms. The number of rotatable bonds is 3. The molecule has 1 aromatic carbocycles. The van der Waals surface area contributed by atoms with E-state index in [-0.39, 0.29) is 17.7 Å². The van der Waals surface area contributed by atoms with Gasteiger partial charge in [0.2, 0.25) is 0 Å². The summed E-state index contributed by atoms with van der Waals surface area (Å²) < 4.78 is 31.7. The van der Waals surface area contributed by atoms with Gasteiger partial charge < -0.3 is 9.84 Å². The van der Waals surface area contributed by atoms with Crippen molar-refractivity contribution in [1.82, 2.24) is 0 Å². The number of halogens is 2. The molecular weight excluding hydrogens is 202 g/mol. The highest BCUT2D eigenvalue weighted by atomic mass is 19.1. The zero-order valence-corrected chi connectivity index (χ0v) is 8.97. The van der Waals surface area contributed by atoms with Crippen molar-refractivity contribution in [2.45, 2.75) is 25.9 Å². The fourth-order valence-electron chi connectivity index (χ4n) is 1.36. The van der Waals surface area contributed by atoms with Gasteiger partial charge in [-0.2, -0.15) is 0 Å². The van der Waals surface area contributed by atoms with Gasteiger partial charge in [-0.15, -0.1) is 0 Å². The van der Waals surface area contributed by atoms with E-state index in [1.807, 2.05) is 0 Å². The van der Waals surface area contributed by atoms with Crippen molar-refractivity contribution >= 4 is 0 Å². The van der Waals surface area contributed by atoms with Crippen LogP contribution in [0.15, 0.2) is 12.1 Å². The summed E-state index contributed by atoms with van der Waals surface area (Å²) in [5, 5.41) is 9.80. The van der Waals surface area contributed by atoms with E-state index in [0.29, 0.717) is 0 Å². The molecule has 1 N–H and O–H groups in total. The molecule has 0 fully saturated rings. The van der Waals surface area contributed by atoms with Crippen LogP contribution in [0.5, 0.6) is 5.75 Å². The van der Waals surface area contributed by atoms with E-state index in [0.717, 1.165) is 12.1 Å². The molecular formula is C11H14F2O2. The molecule has 1 unspecified atom stereocenters. The lowest BCUT2D eigenvalue weighted by Gasteiger charge is -2.23. The van der Waals surface area contributed by atoms with E-state index in [2.05, 4.69) is 0 Å². The summed E-state index contributed by atoms with van der Waals surface area (Å²) in [5.74, 6) is -1.49. The van der Waals surface area contributed by atoms with Crippen LogP contribution in [0.4, 0.5) is 8.78 Å². The number of ether oxygens (including phenoxy) is 1. The van der Waals surface area contributed by atoms with Gasteiger partial charge in [0.05, 0.1) is 18.3 Å². The Morgan fingerprint density at radius 3 is 2.13 bits per heavy atom. The molecule has 0 radical (unpaired) electrons. The van der Waals surface area contributed by atoms with Crippen LogP contribution >= 0.6 is 0 Å². The average Bonchev–Trinajstić information content (AvgIpc) is 2.16. The third-order valence-electron chi connectivity index (χ3n) is 2.48. The second-order valence-corrected chi connectivity index (χ2v) is 3.59. The highest BCUT2D eigenvalue weighted by Crippen LogP contribution is 2.31. The second kappa shape index (κ2) is 4.14. The number of hydrogen-bond donors (Lipinski definition) is 1. The topological polar surface area (TPSA) is 29.5 Å². The summed E-state index contributed by atoms with van der Waals surface area (Å²) in [6.07, 6.45) is 0.229. The minimum absolute atomic E-state index is 0.0978. The van der Waals surface area contributed by atoms with Gasteiger partial charge in [0.15, 0.2) is 0 Å². The Balaban J connectivity index is 3.31. The van der Waals surface area contributed by atoms with E-state index in [4.69, 9.17) is 4.74 Å². The Morgan fingerprint density at radius 2 is 1.80 bits per heavy atom. The summed E-state index contributed by atoms with van der Waals surface area (Å²) in [4.78, 5) is 0. The van der Waals surface area contributed by atoms with E-state index in [9.17, 15) is 13.9 Å². The molecule has 0 aromatic heterocycles. The van der Waals surface area contributed by atoms with E-state index in [1.165, 1.54) is 14.0 Å². The lowest BCUT2D eigenvalue weighted by atomic mass is 9.92. The summed E-state index contributed by atoms with van der Waals surface area (Å²) in [6.45, 7) is 3.03. The Morgan fingerprint density at radius 1 is 1.33 bits per heavy atom. The lowest BCUT2D eigenvalue weighted by molar-refractivity contribution is 0.0452. The smallest absolute Gasteiger partial charge is 0.135 e. The molecule has 0 amide bonds. The normalized spacial score (nSPS) is 14.8. The van der Waals surface area contributed by atoms with Gasteiger partial charge in [-0.25, -0.2) is 8.78 Å². The maximum atomic E-state index is 13.5. The van der Waals surface area contributed by atoms with Crippen LogP contribution in [0.1, 0.15) is 25.8 Å². The highest BCUT2D eigenvalue weighted by molar-refractivity contribution is 5.33. The minimum atomic E-state index is -1.50. The van der Waals surface area contributed by atoms with E-state index in [1.54, 1.807) is 6.92 Å². The number of hydrogen-bond acceptors (Lipinski definition) is 2. The van der Waals surface area contributed by atoms with Gasteiger partial charge in [-0.3, -0.25) is 0 Å². The van der Waals surface area contributed by atoms with Crippen molar-refractivity contribution in [3.8, 4) is 5.75 Å². The van der Waals surface area contributed by atoms with E-state index < -0.39 is 17.2 Å². The fraction of sp³-hybridized carbons (Fsp3) is 0.455. The van der Waals surface area contributed by atoms with Crippen LogP contribution in [0.3, 0.4) is 0 Å². The van der Waals surface area contributed by atoms with Crippen LogP contribution in [-0.2, 0) is 5.60 Å². The third kappa shape index (κ3) is 2.26. The molecule has 0 spiro atoms. The van der Waals surface area contributed by atoms with Crippen molar-refractivity contribution in [2.24, 2.45) is 0 Å². The summed E-state index contributed by atoms with van der Waals surface area (Å²) in [6, 6.07) is 2.12. The van der Waals surface area contributed by atoms with Gasteiger partial charge in [0.25, 0.3) is 0 Å². The predicted octanol–water partition coefficient (Wildman–Crippen LogP) is 2.59. The summed E-state index contributed by atoms with van der Waals surface area (Å²) in [5.41, 5.74) is -1.81. The SMILES string of the molecule is CCC(C)(O)c1c(F)cc(OC)cc1F. The van der Waals surface area contributed by atoms with Crippen molar-refractivity contribution in [3.05, 3.63) is 29.3 Å². The molecule has 84 valence electrons. The molecule has 1 aromatic rings. The van der Waals surface area contributed by atoms with Crippen LogP contribution in [0, 0.1) is 11.6 Å². The highest BCUT2D eigenvalue weighted by Gasteiger charge is 2.28. The van der Waals surface area contributed by atoms with Crippen molar-refractivity contribution in [2.75, 3.05) is 7.11 Å². The number of methoxy groups -OCH3 is 1. The Kier molecular flexibility index (Phi) is 3.29.